The Bertz CT molecular complexity index is 1120. The number of ketones is 2. The summed E-state index contributed by atoms with van der Waals surface area (Å²) in [6.07, 6.45) is -3.24. The molecule has 0 N–H and O–H groups in total. The van der Waals surface area contributed by atoms with Crippen LogP contribution < -0.4 is 0 Å². The third kappa shape index (κ3) is 3.05. The summed E-state index contributed by atoms with van der Waals surface area (Å²) in [5.74, 6) is -0.586. The summed E-state index contributed by atoms with van der Waals surface area (Å²) >= 11 is 6.02. The standard InChI is InChI=1S/C21H10ClF3O3/c22-17-7-5-11(21(23,24)25)9-15(17)18-8-6-12(28-18)10-16-19(26)13-3-1-2-4-14(13)20(16)27/h1-10H. The van der Waals surface area contributed by atoms with Gasteiger partial charge in [0.2, 0.25) is 0 Å². The lowest BCUT2D eigenvalue weighted by Gasteiger charge is -2.09. The van der Waals surface area contributed by atoms with Gasteiger partial charge in [-0.3, -0.25) is 9.59 Å². The molecular weight excluding hydrogens is 393 g/mol. The van der Waals surface area contributed by atoms with Crippen molar-refractivity contribution in [3.63, 3.8) is 0 Å². The summed E-state index contributed by atoms with van der Waals surface area (Å²) in [4.78, 5) is 24.8. The van der Waals surface area contributed by atoms with Crippen molar-refractivity contribution in [3.8, 4) is 11.3 Å². The molecule has 7 heteroatoms. The van der Waals surface area contributed by atoms with Gasteiger partial charge in [0, 0.05) is 16.7 Å². The molecule has 0 atom stereocenters. The number of alkyl halides is 3. The van der Waals surface area contributed by atoms with E-state index in [1.54, 1.807) is 24.3 Å². The van der Waals surface area contributed by atoms with Crippen LogP contribution in [0.15, 0.2) is 64.6 Å². The number of hydrogen-bond donors (Lipinski definition) is 0. The fourth-order valence-corrected chi connectivity index (χ4v) is 3.22. The molecule has 0 fully saturated rings. The number of rotatable bonds is 2. The zero-order valence-corrected chi connectivity index (χ0v) is 14.8. The lowest BCUT2D eigenvalue weighted by Crippen LogP contribution is -2.04. The molecule has 4 rings (SSSR count). The highest BCUT2D eigenvalue weighted by molar-refractivity contribution is 6.41. The first kappa shape index (κ1) is 18.3. The molecule has 1 aliphatic carbocycles. The van der Waals surface area contributed by atoms with Gasteiger partial charge in [-0.25, -0.2) is 0 Å². The highest BCUT2D eigenvalue weighted by atomic mass is 35.5. The second kappa shape index (κ2) is 6.49. The lowest BCUT2D eigenvalue weighted by molar-refractivity contribution is -0.137. The molecule has 0 saturated heterocycles. The van der Waals surface area contributed by atoms with E-state index in [2.05, 4.69) is 0 Å². The Morgan fingerprint density at radius 3 is 2.11 bits per heavy atom. The quantitative estimate of drug-likeness (QED) is 0.385. The highest BCUT2D eigenvalue weighted by Gasteiger charge is 2.33. The molecule has 0 radical (unpaired) electrons. The van der Waals surface area contributed by atoms with Crippen molar-refractivity contribution < 1.29 is 27.2 Å². The second-order valence-corrected chi connectivity index (χ2v) is 6.56. The number of fused-ring (bicyclic) bond motifs is 1. The minimum atomic E-state index is -4.52. The first-order valence-corrected chi connectivity index (χ1v) is 8.50. The van der Waals surface area contributed by atoms with Crippen LogP contribution in [-0.2, 0) is 6.18 Å². The molecule has 3 nitrogen and oxygen atoms in total. The van der Waals surface area contributed by atoms with E-state index in [-0.39, 0.29) is 27.7 Å². The Kier molecular flexibility index (Phi) is 4.23. The maximum Gasteiger partial charge on any atom is 0.416 e. The zero-order chi connectivity index (χ0) is 20.1. The maximum atomic E-state index is 12.9. The fourth-order valence-electron chi connectivity index (χ4n) is 3.01. The molecular formula is C21H10ClF3O3. The molecule has 2 aromatic carbocycles. The van der Waals surface area contributed by atoms with Gasteiger partial charge in [-0.05, 0) is 36.4 Å². The van der Waals surface area contributed by atoms with Crippen molar-refractivity contribution >= 4 is 29.2 Å². The minimum Gasteiger partial charge on any atom is -0.457 e. The van der Waals surface area contributed by atoms with Crippen LogP contribution in [0.3, 0.4) is 0 Å². The third-order valence-corrected chi connectivity index (χ3v) is 4.71. The number of carbonyl (C=O) groups is 2. The molecule has 0 aliphatic heterocycles. The zero-order valence-electron chi connectivity index (χ0n) is 14.0. The summed E-state index contributed by atoms with van der Waals surface area (Å²) in [7, 11) is 0. The maximum absolute atomic E-state index is 12.9. The van der Waals surface area contributed by atoms with E-state index in [0.29, 0.717) is 11.1 Å². The van der Waals surface area contributed by atoms with Gasteiger partial charge >= 0.3 is 6.18 Å². The monoisotopic (exact) mass is 402 g/mol. The van der Waals surface area contributed by atoms with Crippen molar-refractivity contribution in [1.82, 2.24) is 0 Å². The largest absolute Gasteiger partial charge is 0.457 e. The number of carbonyl (C=O) groups excluding carboxylic acids is 2. The summed E-state index contributed by atoms with van der Waals surface area (Å²) in [5.41, 5.74) is -0.233. The number of furan rings is 1. The number of benzene rings is 2. The molecule has 3 aromatic rings. The molecule has 0 amide bonds. The Hall–Kier alpha value is -3.12. The van der Waals surface area contributed by atoms with Crippen molar-refractivity contribution in [2.45, 2.75) is 6.18 Å². The van der Waals surface area contributed by atoms with Crippen molar-refractivity contribution in [3.05, 3.63) is 87.6 Å². The number of allylic oxidation sites excluding steroid dienone is 1. The first-order chi connectivity index (χ1) is 13.3. The van der Waals surface area contributed by atoms with Gasteiger partial charge in [0.05, 0.1) is 16.2 Å². The predicted octanol–water partition coefficient (Wildman–Crippen LogP) is 6.08. The van der Waals surface area contributed by atoms with Crippen LogP contribution in [0.5, 0.6) is 0 Å². The van der Waals surface area contributed by atoms with Gasteiger partial charge in [0.15, 0.2) is 11.6 Å². The topological polar surface area (TPSA) is 47.3 Å². The molecule has 0 unspecified atom stereocenters. The highest BCUT2D eigenvalue weighted by Crippen LogP contribution is 2.37. The van der Waals surface area contributed by atoms with Crippen molar-refractivity contribution in [2.75, 3.05) is 0 Å². The van der Waals surface area contributed by atoms with E-state index >= 15 is 0 Å². The van der Waals surface area contributed by atoms with Gasteiger partial charge in [-0.1, -0.05) is 35.9 Å². The molecule has 28 heavy (non-hydrogen) atoms. The average molecular weight is 403 g/mol. The van der Waals surface area contributed by atoms with Crippen molar-refractivity contribution in [2.24, 2.45) is 0 Å². The Morgan fingerprint density at radius 1 is 0.857 bits per heavy atom. The smallest absolute Gasteiger partial charge is 0.416 e. The van der Waals surface area contributed by atoms with E-state index in [1.165, 1.54) is 18.2 Å². The fraction of sp³-hybridized carbons (Fsp3) is 0.0476. The lowest BCUT2D eigenvalue weighted by atomic mass is 10.1. The Morgan fingerprint density at radius 2 is 1.50 bits per heavy atom. The normalized spacial score (nSPS) is 13.8. The first-order valence-electron chi connectivity index (χ1n) is 8.13. The van der Waals surface area contributed by atoms with E-state index in [0.717, 1.165) is 18.2 Å². The average Bonchev–Trinajstić information content (AvgIpc) is 3.21. The van der Waals surface area contributed by atoms with Crippen LogP contribution in [-0.4, -0.2) is 11.6 Å². The minimum absolute atomic E-state index is 0.0581. The van der Waals surface area contributed by atoms with Crippen LogP contribution in [0.4, 0.5) is 13.2 Å². The van der Waals surface area contributed by atoms with Gasteiger partial charge in [0.25, 0.3) is 0 Å². The SMILES string of the molecule is O=C1C(=Cc2ccc(-c3cc(C(F)(F)F)ccc3Cl)o2)C(=O)c2ccccc21. The number of hydrogen-bond acceptors (Lipinski definition) is 3. The summed E-state index contributed by atoms with van der Waals surface area (Å²) in [5, 5.41) is 0.0852. The second-order valence-electron chi connectivity index (χ2n) is 6.16. The van der Waals surface area contributed by atoms with Gasteiger partial charge < -0.3 is 4.42 Å². The Labute approximate surface area is 162 Å². The Balaban J connectivity index is 1.71. The molecule has 0 saturated carbocycles. The molecule has 1 aromatic heterocycles. The van der Waals surface area contributed by atoms with Crippen LogP contribution in [0, 0.1) is 0 Å². The van der Waals surface area contributed by atoms with Gasteiger partial charge in [-0.2, -0.15) is 13.2 Å². The molecule has 1 heterocycles. The van der Waals surface area contributed by atoms with Crippen LogP contribution in [0.25, 0.3) is 17.4 Å². The summed E-state index contributed by atoms with van der Waals surface area (Å²) in [6.45, 7) is 0. The molecule has 0 bridgehead atoms. The third-order valence-electron chi connectivity index (χ3n) is 4.38. The number of Topliss-reactive ketones (excluding diaryl/α,β-unsaturated/α-hetero) is 2. The van der Waals surface area contributed by atoms with Crippen LogP contribution in [0.1, 0.15) is 32.0 Å². The predicted molar refractivity (Wildman–Crippen MR) is 97.2 cm³/mol. The molecule has 0 spiro atoms. The van der Waals surface area contributed by atoms with Crippen LogP contribution in [0.2, 0.25) is 5.02 Å². The van der Waals surface area contributed by atoms with E-state index in [1.807, 2.05) is 0 Å². The summed E-state index contributed by atoms with van der Waals surface area (Å²) in [6, 6.07) is 12.2. The summed E-state index contributed by atoms with van der Waals surface area (Å²) < 4.78 is 44.4. The van der Waals surface area contributed by atoms with E-state index in [4.69, 9.17) is 16.0 Å². The molecule has 140 valence electrons. The van der Waals surface area contributed by atoms with E-state index < -0.39 is 23.3 Å². The molecule has 1 aliphatic rings. The van der Waals surface area contributed by atoms with Gasteiger partial charge in [-0.15, -0.1) is 0 Å². The van der Waals surface area contributed by atoms with Crippen molar-refractivity contribution in [1.29, 1.82) is 0 Å². The van der Waals surface area contributed by atoms with Gasteiger partial charge in [0.1, 0.15) is 11.5 Å². The number of halogens is 4. The van der Waals surface area contributed by atoms with E-state index in [9.17, 15) is 22.8 Å². The van der Waals surface area contributed by atoms with Crippen LogP contribution >= 0.6 is 11.6 Å².